The molecule has 128 valence electrons. The summed E-state index contributed by atoms with van der Waals surface area (Å²) in [6.45, 7) is 5.97. The van der Waals surface area contributed by atoms with Crippen LogP contribution in [-0.2, 0) is 11.8 Å². The van der Waals surface area contributed by atoms with Crippen LogP contribution in [0, 0.1) is 12.8 Å². The van der Waals surface area contributed by atoms with E-state index in [0.717, 1.165) is 29.1 Å². The fraction of sp³-hybridized carbons (Fsp3) is 0.444. The summed E-state index contributed by atoms with van der Waals surface area (Å²) in [6.07, 6.45) is 3.82. The number of ether oxygens (including phenoxy) is 1. The van der Waals surface area contributed by atoms with Crippen molar-refractivity contribution in [1.29, 1.82) is 0 Å². The van der Waals surface area contributed by atoms with Gasteiger partial charge in [-0.05, 0) is 37.1 Å². The standard InChI is InChI=1S/C18H24N4O2/c1-4-24-17-7-12(2)5-6-16(17)21-18(23)15-10-19-9-14(15)13-8-20-22(3)11-13/h5-8,11,14-15,19H,4,9-10H2,1-3H3,(H,21,23)/t14-,15+/m1/s1. The summed E-state index contributed by atoms with van der Waals surface area (Å²) < 4.78 is 7.43. The zero-order chi connectivity index (χ0) is 17.1. The van der Waals surface area contributed by atoms with Crippen molar-refractivity contribution in [3.63, 3.8) is 0 Å². The number of hydrogen-bond acceptors (Lipinski definition) is 4. The third-order valence-electron chi connectivity index (χ3n) is 4.40. The molecule has 2 aromatic rings. The second-order valence-electron chi connectivity index (χ2n) is 6.24. The Hall–Kier alpha value is -2.34. The summed E-state index contributed by atoms with van der Waals surface area (Å²) in [5.74, 6) is 0.748. The van der Waals surface area contributed by atoms with Crippen molar-refractivity contribution in [3.8, 4) is 5.75 Å². The topological polar surface area (TPSA) is 68.2 Å². The number of nitrogens with one attached hydrogen (secondary N) is 2. The second kappa shape index (κ2) is 7.05. The van der Waals surface area contributed by atoms with Gasteiger partial charge in [-0.15, -0.1) is 0 Å². The molecule has 0 aliphatic carbocycles. The van der Waals surface area contributed by atoms with Gasteiger partial charge in [-0.3, -0.25) is 9.48 Å². The van der Waals surface area contributed by atoms with Crippen molar-refractivity contribution in [2.24, 2.45) is 13.0 Å². The van der Waals surface area contributed by atoms with Gasteiger partial charge in [-0.25, -0.2) is 0 Å². The number of carbonyl (C=O) groups excluding carboxylic acids is 1. The number of rotatable bonds is 5. The van der Waals surface area contributed by atoms with E-state index in [4.69, 9.17) is 4.74 Å². The van der Waals surface area contributed by atoms with Gasteiger partial charge in [0.05, 0.1) is 24.4 Å². The van der Waals surface area contributed by atoms with E-state index in [1.165, 1.54) is 0 Å². The molecule has 6 nitrogen and oxygen atoms in total. The molecule has 0 spiro atoms. The Bertz CT molecular complexity index is 726. The molecule has 1 aliphatic rings. The number of aryl methyl sites for hydroxylation is 2. The van der Waals surface area contributed by atoms with E-state index in [9.17, 15) is 4.79 Å². The highest BCUT2D eigenvalue weighted by atomic mass is 16.5. The summed E-state index contributed by atoms with van der Waals surface area (Å²) in [7, 11) is 1.89. The predicted molar refractivity (Wildman–Crippen MR) is 93.3 cm³/mol. The SMILES string of the molecule is CCOc1cc(C)ccc1NC(=O)[C@H]1CNC[C@@H]1c1cnn(C)c1. The van der Waals surface area contributed by atoms with Crippen LogP contribution in [0.1, 0.15) is 24.0 Å². The number of benzene rings is 1. The minimum Gasteiger partial charge on any atom is -0.492 e. The molecule has 0 radical (unpaired) electrons. The maximum Gasteiger partial charge on any atom is 0.229 e. The van der Waals surface area contributed by atoms with E-state index < -0.39 is 0 Å². The molecule has 1 fully saturated rings. The van der Waals surface area contributed by atoms with E-state index in [1.807, 2.05) is 51.5 Å². The molecule has 2 atom stereocenters. The molecule has 0 unspecified atom stereocenters. The highest BCUT2D eigenvalue weighted by molar-refractivity contribution is 5.95. The van der Waals surface area contributed by atoms with E-state index in [1.54, 1.807) is 4.68 Å². The molecule has 2 N–H and O–H groups in total. The first kappa shape index (κ1) is 16.5. The average Bonchev–Trinajstić information content (AvgIpc) is 3.18. The molecule has 1 saturated heterocycles. The van der Waals surface area contributed by atoms with Crippen LogP contribution in [-0.4, -0.2) is 35.4 Å². The molecule has 1 aromatic heterocycles. The maximum atomic E-state index is 12.8. The molecular weight excluding hydrogens is 304 g/mol. The Balaban J connectivity index is 1.77. The Morgan fingerprint density at radius 2 is 2.29 bits per heavy atom. The molecule has 24 heavy (non-hydrogen) atoms. The van der Waals surface area contributed by atoms with E-state index in [-0.39, 0.29) is 17.7 Å². The molecule has 1 aromatic carbocycles. The van der Waals surface area contributed by atoms with Crippen molar-refractivity contribution in [2.75, 3.05) is 25.0 Å². The highest BCUT2D eigenvalue weighted by Gasteiger charge is 2.35. The number of carbonyl (C=O) groups is 1. The van der Waals surface area contributed by atoms with Gasteiger partial charge in [-0.2, -0.15) is 5.10 Å². The molecule has 0 bridgehead atoms. The summed E-state index contributed by atoms with van der Waals surface area (Å²) in [4.78, 5) is 12.8. The fourth-order valence-electron chi connectivity index (χ4n) is 3.17. The first-order valence-electron chi connectivity index (χ1n) is 8.32. The lowest BCUT2D eigenvalue weighted by Crippen LogP contribution is -2.28. The van der Waals surface area contributed by atoms with Gasteiger partial charge < -0.3 is 15.4 Å². The average molecular weight is 328 g/mol. The van der Waals surface area contributed by atoms with Crippen LogP contribution < -0.4 is 15.4 Å². The first-order chi connectivity index (χ1) is 11.6. The zero-order valence-corrected chi connectivity index (χ0v) is 14.4. The Labute approximate surface area is 142 Å². The maximum absolute atomic E-state index is 12.8. The lowest BCUT2D eigenvalue weighted by Gasteiger charge is -2.18. The van der Waals surface area contributed by atoms with Crippen LogP contribution in [0.4, 0.5) is 5.69 Å². The van der Waals surface area contributed by atoms with Crippen LogP contribution in [0.25, 0.3) is 0 Å². The number of anilines is 1. The third-order valence-corrected chi connectivity index (χ3v) is 4.40. The van der Waals surface area contributed by atoms with Gasteiger partial charge in [0, 0.05) is 32.3 Å². The van der Waals surface area contributed by atoms with Crippen molar-refractivity contribution in [2.45, 2.75) is 19.8 Å². The van der Waals surface area contributed by atoms with Gasteiger partial charge in [0.25, 0.3) is 0 Å². The summed E-state index contributed by atoms with van der Waals surface area (Å²) >= 11 is 0. The molecular formula is C18H24N4O2. The normalized spacial score (nSPS) is 20.1. The summed E-state index contributed by atoms with van der Waals surface area (Å²) in [6, 6.07) is 5.83. The summed E-state index contributed by atoms with van der Waals surface area (Å²) in [5, 5.41) is 10.6. The zero-order valence-electron chi connectivity index (χ0n) is 14.4. The first-order valence-corrected chi connectivity index (χ1v) is 8.32. The van der Waals surface area contributed by atoms with Gasteiger partial charge in [0.1, 0.15) is 5.75 Å². The lowest BCUT2D eigenvalue weighted by molar-refractivity contribution is -0.119. The van der Waals surface area contributed by atoms with Crippen LogP contribution in [0.15, 0.2) is 30.6 Å². The lowest BCUT2D eigenvalue weighted by atomic mass is 9.90. The molecule has 3 rings (SSSR count). The van der Waals surface area contributed by atoms with E-state index >= 15 is 0 Å². The molecule has 6 heteroatoms. The second-order valence-corrected chi connectivity index (χ2v) is 6.24. The number of hydrogen-bond donors (Lipinski definition) is 2. The van der Waals surface area contributed by atoms with Crippen LogP contribution >= 0.6 is 0 Å². The molecule has 0 saturated carbocycles. The van der Waals surface area contributed by atoms with Crippen molar-refractivity contribution >= 4 is 11.6 Å². The molecule has 1 aliphatic heterocycles. The van der Waals surface area contributed by atoms with Crippen LogP contribution in [0.5, 0.6) is 5.75 Å². The van der Waals surface area contributed by atoms with Gasteiger partial charge >= 0.3 is 0 Å². The molecule has 2 heterocycles. The van der Waals surface area contributed by atoms with Crippen LogP contribution in [0.3, 0.4) is 0 Å². The summed E-state index contributed by atoms with van der Waals surface area (Å²) in [5.41, 5.74) is 2.92. The van der Waals surface area contributed by atoms with Crippen LogP contribution in [0.2, 0.25) is 0 Å². The fourth-order valence-corrected chi connectivity index (χ4v) is 3.17. The molecule has 1 amide bonds. The van der Waals surface area contributed by atoms with E-state index in [2.05, 4.69) is 15.7 Å². The Morgan fingerprint density at radius 3 is 3.00 bits per heavy atom. The predicted octanol–water partition coefficient (Wildman–Crippen LogP) is 2.07. The van der Waals surface area contributed by atoms with Crippen molar-refractivity contribution < 1.29 is 9.53 Å². The minimum atomic E-state index is -0.120. The largest absolute Gasteiger partial charge is 0.492 e. The number of amides is 1. The van der Waals surface area contributed by atoms with Gasteiger partial charge in [0.2, 0.25) is 5.91 Å². The smallest absolute Gasteiger partial charge is 0.229 e. The number of nitrogens with zero attached hydrogens (tertiary/aromatic N) is 2. The third kappa shape index (κ3) is 3.43. The minimum absolute atomic E-state index is 0.0126. The van der Waals surface area contributed by atoms with E-state index in [0.29, 0.717) is 13.2 Å². The highest BCUT2D eigenvalue weighted by Crippen LogP contribution is 2.31. The monoisotopic (exact) mass is 328 g/mol. The Morgan fingerprint density at radius 1 is 1.46 bits per heavy atom. The quantitative estimate of drug-likeness (QED) is 0.882. The van der Waals surface area contributed by atoms with Crippen molar-refractivity contribution in [1.82, 2.24) is 15.1 Å². The van der Waals surface area contributed by atoms with Gasteiger partial charge in [-0.1, -0.05) is 6.07 Å². The van der Waals surface area contributed by atoms with Gasteiger partial charge in [0.15, 0.2) is 0 Å². The Kier molecular flexibility index (Phi) is 4.85. The van der Waals surface area contributed by atoms with Crippen molar-refractivity contribution in [3.05, 3.63) is 41.7 Å². The number of aromatic nitrogens is 2.